The van der Waals surface area contributed by atoms with Gasteiger partial charge in [0.2, 0.25) is 11.8 Å². The molecule has 0 aliphatic heterocycles. The summed E-state index contributed by atoms with van der Waals surface area (Å²) in [6.45, 7) is 16.0. The third-order valence-electron chi connectivity index (χ3n) is 7.72. The number of nitrogens with one attached hydrogen (secondary N) is 2. The number of amides is 3. The molecule has 3 aromatic carbocycles. The number of alkyl carbamates (subject to hydrolysis) is 1. The van der Waals surface area contributed by atoms with Crippen LogP contribution in [0.3, 0.4) is 0 Å². The van der Waals surface area contributed by atoms with Gasteiger partial charge in [-0.1, -0.05) is 98.3 Å². The van der Waals surface area contributed by atoms with Crippen LogP contribution >= 0.6 is 0 Å². The summed E-state index contributed by atoms with van der Waals surface area (Å²) in [7, 11) is 0. The van der Waals surface area contributed by atoms with E-state index >= 15 is 0 Å². The first-order valence-electron chi connectivity index (χ1n) is 16.0. The zero-order valence-electron chi connectivity index (χ0n) is 28.2. The normalized spacial score (nSPS) is 13.4. The molecular weight excluding hydrogens is 562 g/mol. The maximum absolute atomic E-state index is 14.9. The lowest BCUT2D eigenvalue weighted by atomic mass is 9.93. The summed E-state index contributed by atoms with van der Waals surface area (Å²) in [6.07, 6.45) is 1.14. The van der Waals surface area contributed by atoms with Gasteiger partial charge >= 0.3 is 6.09 Å². The SMILES string of the molecule is Cc1ccc(C(C(=O)NCc2ccccc2)N(C(=O)C(Cc2ccccc2)NC(=O)OC(C)(C)C)C(C)CCC(C)C)c(C)c1. The van der Waals surface area contributed by atoms with E-state index in [-0.39, 0.29) is 24.3 Å². The number of carbonyl (C=O) groups excluding carboxylic acids is 3. The molecule has 0 heterocycles. The first kappa shape index (κ1) is 35.4. The summed E-state index contributed by atoms with van der Waals surface area (Å²) in [4.78, 5) is 44.0. The van der Waals surface area contributed by atoms with Crippen molar-refractivity contribution >= 4 is 17.9 Å². The summed E-state index contributed by atoms with van der Waals surface area (Å²) in [5, 5.41) is 5.97. The number of carbonyl (C=O) groups is 3. The Morgan fingerprint density at radius 3 is 1.98 bits per heavy atom. The van der Waals surface area contributed by atoms with Crippen LogP contribution in [0.1, 0.15) is 88.2 Å². The van der Waals surface area contributed by atoms with Gasteiger partial charge < -0.3 is 20.3 Å². The van der Waals surface area contributed by atoms with Crippen LogP contribution in [-0.2, 0) is 27.3 Å². The molecule has 0 radical (unpaired) electrons. The Morgan fingerprint density at radius 1 is 0.822 bits per heavy atom. The standard InChI is InChI=1S/C38H51N3O4/c1-26(2)19-21-29(5)41(36(43)33(24-30-15-11-9-12-16-30)40-37(44)45-38(6,7)8)34(32-22-20-27(3)23-28(32)4)35(42)39-25-31-17-13-10-14-18-31/h9-18,20,22-23,26,29,33-34H,19,21,24-25H2,1-8H3,(H,39,42)(H,40,44). The second-order valence-corrected chi connectivity index (χ2v) is 13.4. The van der Waals surface area contributed by atoms with Crippen molar-refractivity contribution in [3.63, 3.8) is 0 Å². The zero-order chi connectivity index (χ0) is 33.1. The van der Waals surface area contributed by atoms with E-state index < -0.39 is 23.8 Å². The van der Waals surface area contributed by atoms with Crippen LogP contribution in [-0.4, -0.2) is 40.5 Å². The Morgan fingerprint density at radius 2 is 1.42 bits per heavy atom. The monoisotopic (exact) mass is 613 g/mol. The van der Waals surface area contributed by atoms with Crippen molar-refractivity contribution in [1.29, 1.82) is 0 Å². The first-order valence-corrected chi connectivity index (χ1v) is 16.0. The minimum absolute atomic E-state index is 0.248. The molecule has 7 nitrogen and oxygen atoms in total. The number of aryl methyl sites for hydroxylation is 2. The number of ether oxygens (including phenoxy) is 1. The van der Waals surface area contributed by atoms with Gasteiger partial charge in [-0.25, -0.2) is 4.79 Å². The molecule has 3 unspecified atom stereocenters. The lowest BCUT2D eigenvalue weighted by Crippen LogP contribution is -2.56. The molecule has 3 amide bonds. The second kappa shape index (κ2) is 16.3. The molecule has 3 atom stereocenters. The first-order chi connectivity index (χ1) is 21.2. The highest BCUT2D eigenvalue weighted by molar-refractivity contribution is 5.92. The van der Waals surface area contributed by atoms with E-state index in [1.54, 1.807) is 25.7 Å². The summed E-state index contributed by atoms with van der Waals surface area (Å²) in [5.41, 5.74) is 3.85. The molecule has 0 fully saturated rings. The van der Waals surface area contributed by atoms with Gasteiger partial charge in [-0.15, -0.1) is 0 Å². The van der Waals surface area contributed by atoms with E-state index in [0.29, 0.717) is 18.9 Å². The number of rotatable bonds is 13. The maximum Gasteiger partial charge on any atom is 0.408 e. The molecule has 0 saturated heterocycles. The van der Waals surface area contributed by atoms with Crippen LogP contribution in [0.5, 0.6) is 0 Å². The third kappa shape index (κ3) is 11.1. The second-order valence-electron chi connectivity index (χ2n) is 13.4. The van der Waals surface area contributed by atoms with Gasteiger partial charge in [0.15, 0.2) is 0 Å². The van der Waals surface area contributed by atoms with Crippen molar-refractivity contribution in [1.82, 2.24) is 15.5 Å². The van der Waals surface area contributed by atoms with Crippen LogP contribution in [0.4, 0.5) is 4.79 Å². The summed E-state index contributed by atoms with van der Waals surface area (Å²) >= 11 is 0. The minimum atomic E-state index is -0.959. The van der Waals surface area contributed by atoms with Crippen molar-refractivity contribution in [2.24, 2.45) is 5.92 Å². The van der Waals surface area contributed by atoms with Crippen molar-refractivity contribution in [3.8, 4) is 0 Å². The largest absolute Gasteiger partial charge is 0.444 e. The Labute approximate surface area is 269 Å². The summed E-state index contributed by atoms with van der Waals surface area (Å²) in [5.74, 6) is -0.192. The van der Waals surface area contributed by atoms with E-state index in [1.807, 2.05) is 99.6 Å². The van der Waals surface area contributed by atoms with Crippen molar-refractivity contribution in [3.05, 3.63) is 107 Å². The molecule has 0 bridgehead atoms. The van der Waals surface area contributed by atoms with Crippen LogP contribution in [0.15, 0.2) is 78.9 Å². The Balaban J connectivity index is 2.11. The molecule has 2 N–H and O–H groups in total. The Hall–Kier alpha value is -4.13. The lowest BCUT2D eigenvalue weighted by Gasteiger charge is -2.39. The minimum Gasteiger partial charge on any atom is -0.444 e. The van der Waals surface area contributed by atoms with Crippen LogP contribution in [0.25, 0.3) is 0 Å². The van der Waals surface area contributed by atoms with E-state index in [9.17, 15) is 14.4 Å². The third-order valence-corrected chi connectivity index (χ3v) is 7.72. The van der Waals surface area contributed by atoms with Gasteiger partial charge in [0.1, 0.15) is 17.7 Å². The summed E-state index contributed by atoms with van der Waals surface area (Å²) < 4.78 is 5.59. The number of nitrogens with zero attached hydrogens (tertiary/aromatic N) is 1. The van der Waals surface area contributed by atoms with Crippen LogP contribution in [0, 0.1) is 19.8 Å². The van der Waals surface area contributed by atoms with Gasteiger partial charge in [-0.2, -0.15) is 0 Å². The quantitative estimate of drug-likeness (QED) is 0.210. The highest BCUT2D eigenvalue weighted by atomic mass is 16.6. The molecule has 45 heavy (non-hydrogen) atoms. The fraction of sp³-hybridized carbons (Fsp3) is 0.447. The fourth-order valence-electron chi connectivity index (χ4n) is 5.42. The highest BCUT2D eigenvalue weighted by Crippen LogP contribution is 2.30. The number of hydrogen-bond acceptors (Lipinski definition) is 4. The van der Waals surface area contributed by atoms with Crippen LogP contribution in [0.2, 0.25) is 0 Å². The van der Waals surface area contributed by atoms with Crippen molar-refractivity contribution in [2.75, 3.05) is 0 Å². The summed E-state index contributed by atoms with van der Waals surface area (Å²) in [6, 6.07) is 23.1. The predicted molar refractivity (Wildman–Crippen MR) is 181 cm³/mol. The number of hydrogen-bond donors (Lipinski definition) is 2. The predicted octanol–water partition coefficient (Wildman–Crippen LogP) is 7.45. The van der Waals surface area contributed by atoms with Gasteiger partial charge in [0.05, 0.1) is 0 Å². The molecule has 242 valence electrons. The maximum atomic E-state index is 14.9. The van der Waals surface area contributed by atoms with Crippen LogP contribution < -0.4 is 10.6 Å². The molecule has 0 aliphatic carbocycles. The molecular formula is C38H51N3O4. The van der Waals surface area contributed by atoms with E-state index in [1.165, 1.54) is 0 Å². The molecule has 0 saturated carbocycles. The zero-order valence-corrected chi connectivity index (χ0v) is 28.2. The van der Waals surface area contributed by atoms with E-state index in [0.717, 1.165) is 34.2 Å². The molecule has 0 aliphatic rings. The highest BCUT2D eigenvalue weighted by Gasteiger charge is 2.39. The smallest absolute Gasteiger partial charge is 0.408 e. The molecule has 0 aromatic heterocycles. The molecule has 0 spiro atoms. The molecule has 3 aromatic rings. The van der Waals surface area contributed by atoms with E-state index in [4.69, 9.17) is 4.74 Å². The molecule has 3 rings (SSSR count). The fourth-order valence-corrected chi connectivity index (χ4v) is 5.42. The van der Waals surface area contributed by atoms with Crippen molar-refractivity contribution in [2.45, 2.75) is 105 Å². The lowest BCUT2D eigenvalue weighted by molar-refractivity contribution is -0.145. The Bertz CT molecular complexity index is 1400. The average Bonchev–Trinajstić information content (AvgIpc) is 2.97. The Kier molecular flexibility index (Phi) is 12.8. The van der Waals surface area contributed by atoms with Gasteiger partial charge in [0.25, 0.3) is 0 Å². The average molecular weight is 614 g/mol. The van der Waals surface area contributed by atoms with E-state index in [2.05, 4.69) is 24.5 Å². The van der Waals surface area contributed by atoms with Gasteiger partial charge in [0, 0.05) is 19.0 Å². The van der Waals surface area contributed by atoms with Gasteiger partial charge in [-0.3, -0.25) is 9.59 Å². The van der Waals surface area contributed by atoms with Crippen molar-refractivity contribution < 1.29 is 19.1 Å². The topological polar surface area (TPSA) is 87.7 Å². The number of benzene rings is 3. The van der Waals surface area contributed by atoms with Gasteiger partial charge in [-0.05, 0) is 82.6 Å². The molecule has 7 heteroatoms.